The van der Waals surface area contributed by atoms with Gasteiger partial charge in [-0.1, -0.05) is 66.7 Å². The maximum Gasteiger partial charge on any atom is 0.261 e. The number of carbonyl (C=O) groups is 2. The van der Waals surface area contributed by atoms with Gasteiger partial charge < -0.3 is 10.4 Å². The van der Waals surface area contributed by atoms with E-state index in [1.54, 1.807) is 48.5 Å². The minimum Gasteiger partial charge on any atom is -0.375 e. The zero-order valence-corrected chi connectivity index (χ0v) is 19.2. The smallest absolute Gasteiger partial charge is 0.261 e. The van der Waals surface area contributed by atoms with Gasteiger partial charge in [-0.2, -0.15) is 0 Å². The number of carbonyl (C=O) groups excluding carboxylic acids is 2. The summed E-state index contributed by atoms with van der Waals surface area (Å²) in [6, 6.07) is 31.4. The molecular weight excluding hydrogens is 436 g/mol. The first-order valence-electron chi connectivity index (χ1n) is 11.4. The summed E-state index contributed by atoms with van der Waals surface area (Å²) in [7, 11) is 0. The lowest BCUT2D eigenvalue weighted by Gasteiger charge is -2.27. The molecule has 0 radical (unpaired) electrons. The molecule has 0 bridgehead atoms. The summed E-state index contributed by atoms with van der Waals surface area (Å²) in [6.07, 6.45) is -0.00283. The largest absolute Gasteiger partial charge is 0.375 e. The Hall–Kier alpha value is -4.35. The third-order valence-electron chi connectivity index (χ3n) is 6.27. The van der Waals surface area contributed by atoms with Gasteiger partial charge in [-0.15, -0.1) is 0 Å². The van der Waals surface area contributed by atoms with Gasteiger partial charge in [-0.25, -0.2) is 0 Å². The molecule has 1 unspecified atom stereocenters. The van der Waals surface area contributed by atoms with Crippen LogP contribution in [0.5, 0.6) is 0 Å². The summed E-state index contributed by atoms with van der Waals surface area (Å²) in [4.78, 5) is 29.8. The van der Waals surface area contributed by atoms with E-state index < -0.39 is 11.5 Å². The standard InChI is InChI=1S/C30H24N2O3/c1-20(33)21-11-14-24(15-12-21)32-29(34)30(35,23-8-3-2-4-9-23)19-25-16-17-27-26-10-6-5-7-22(26)13-18-28(27)31-25/h2-18,35H,19H2,1H3,(H,32,34). The van der Waals surface area contributed by atoms with Crippen LogP contribution < -0.4 is 5.32 Å². The molecule has 0 spiro atoms. The number of aromatic nitrogens is 1. The van der Waals surface area contributed by atoms with E-state index in [4.69, 9.17) is 4.98 Å². The summed E-state index contributed by atoms with van der Waals surface area (Å²) in [5.41, 5.74) is 1.07. The molecule has 5 aromatic rings. The lowest BCUT2D eigenvalue weighted by Crippen LogP contribution is -2.42. The Balaban J connectivity index is 1.50. The lowest BCUT2D eigenvalue weighted by atomic mass is 9.87. The molecule has 1 amide bonds. The summed E-state index contributed by atoms with van der Waals surface area (Å²) in [5.74, 6) is -0.626. The number of pyridine rings is 1. The van der Waals surface area contributed by atoms with Gasteiger partial charge in [-0.3, -0.25) is 14.6 Å². The SMILES string of the molecule is CC(=O)c1ccc(NC(=O)C(O)(Cc2ccc3c(ccc4ccccc43)n2)c2ccccc2)cc1. The highest BCUT2D eigenvalue weighted by atomic mass is 16.3. The van der Waals surface area contributed by atoms with Crippen LogP contribution in [0.1, 0.15) is 28.5 Å². The number of hydrogen-bond acceptors (Lipinski definition) is 4. The quantitative estimate of drug-likeness (QED) is 0.253. The van der Waals surface area contributed by atoms with E-state index in [-0.39, 0.29) is 12.2 Å². The van der Waals surface area contributed by atoms with Crippen molar-refractivity contribution in [2.24, 2.45) is 0 Å². The van der Waals surface area contributed by atoms with E-state index in [2.05, 4.69) is 17.4 Å². The highest BCUT2D eigenvalue weighted by Gasteiger charge is 2.38. The third-order valence-corrected chi connectivity index (χ3v) is 6.27. The molecule has 0 aliphatic carbocycles. The molecule has 172 valence electrons. The molecule has 0 saturated carbocycles. The van der Waals surface area contributed by atoms with Crippen LogP contribution in [-0.2, 0) is 16.8 Å². The Labute approximate surface area is 203 Å². The molecule has 4 aromatic carbocycles. The molecule has 5 nitrogen and oxygen atoms in total. The first-order chi connectivity index (χ1) is 16.9. The second kappa shape index (κ2) is 9.12. The number of nitrogens with one attached hydrogen (secondary N) is 1. The number of rotatable bonds is 6. The average molecular weight is 461 g/mol. The van der Waals surface area contributed by atoms with Crippen LogP contribution in [0.25, 0.3) is 21.7 Å². The maximum atomic E-state index is 13.4. The van der Waals surface area contributed by atoms with E-state index in [9.17, 15) is 14.7 Å². The Morgan fingerprint density at radius 2 is 1.51 bits per heavy atom. The van der Waals surface area contributed by atoms with E-state index in [1.165, 1.54) is 6.92 Å². The number of ketones is 1. The summed E-state index contributed by atoms with van der Waals surface area (Å²) in [5, 5.41) is 17.8. The minimum atomic E-state index is -1.85. The normalized spacial score (nSPS) is 12.9. The lowest BCUT2D eigenvalue weighted by molar-refractivity contribution is -0.135. The number of fused-ring (bicyclic) bond motifs is 3. The van der Waals surface area contributed by atoms with Gasteiger partial charge in [0.25, 0.3) is 5.91 Å². The van der Waals surface area contributed by atoms with Crippen molar-refractivity contribution >= 4 is 39.1 Å². The van der Waals surface area contributed by atoms with Gasteiger partial charge in [0, 0.05) is 28.8 Å². The second-order valence-electron chi connectivity index (χ2n) is 8.65. The number of aliphatic hydroxyl groups is 1. The van der Waals surface area contributed by atoms with Crippen molar-refractivity contribution in [2.45, 2.75) is 18.9 Å². The summed E-state index contributed by atoms with van der Waals surface area (Å²) < 4.78 is 0. The zero-order chi connectivity index (χ0) is 24.4. The highest BCUT2D eigenvalue weighted by Crippen LogP contribution is 2.30. The minimum absolute atomic E-state index is 0.00283. The van der Waals surface area contributed by atoms with Crippen molar-refractivity contribution in [3.8, 4) is 0 Å². The fraction of sp³-hybridized carbons (Fsp3) is 0.100. The molecule has 1 aromatic heterocycles. The molecule has 0 aliphatic heterocycles. The van der Waals surface area contributed by atoms with Crippen LogP contribution in [-0.4, -0.2) is 21.8 Å². The van der Waals surface area contributed by atoms with Gasteiger partial charge in [0.05, 0.1) is 5.52 Å². The van der Waals surface area contributed by atoms with E-state index in [1.807, 2.05) is 42.5 Å². The number of benzene rings is 4. The first kappa shape index (κ1) is 22.4. The van der Waals surface area contributed by atoms with Crippen LogP contribution in [0.2, 0.25) is 0 Å². The summed E-state index contributed by atoms with van der Waals surface area (Å²) >= 11 is 0. The number of hydrogen-bond donors (Lipinski definition) is 2. The molecule has 1 heterocycles. The van der Waals surface area contributed by atoms with Crippen molar-refractivity contribution in [1.29, 1.82) is 0 Å². The molecular formula is C30H24N2O3. The van der Waals surface area contributed by atoms with Crippen molar-refractivity contribution < 1.29 is 14.7 Å². The molecule has 1 atom stereocenters. The predicted octanol–water partition coefficient (Wildman–Crippen LogP) is 5.66. The zero-order valence-electron chi connectivity index (χ0n) is 19.2. The Morgan fingerprint density at radius 1 is 0.800 bits per heavy atom. The van der Waals surface area contributed by atoms with Crippen LogP contribution >= 0.6 is 0 Å². The predicted molar refractivity (Wildman–Crippen MR) is 138 cm³/mol. The number of anilines is 1. The van der Waals surface area contributed by atoms with Gasteiger partial charge in [0.15, 0.2) is 11.4 Å². The molecule has 5 heteroatoms. The molecule has 0 aliphatic rings. The monoisotopic (exact) mass is 460 g/mol. The van der Waals surface area contributed by atoms with Gasteiger partial charge >= 0.3 is 0 Å². The third kappa shape index (κ3) is 4.42. The topological polar surface area (TPSA) is 79.3 Å². The highest BCUT2D eigenvalue weighted by molar-refractivity contribution is 6.06. The molecule has 5 rings (SSSR count). The Bertz CT molecular complexity index is 1550. The second-order valence-corrected chi connectivity index (χ2v) is 8.65. The molecule has 0 saturated heterocycles. The van der Waals surface area contributed by atoms with Crippen LogP contribution in [0.4, 0.5) is 5.69 Å². The van der Waals surface area contributed by atoms with Crippen LogP contribution in [0, 0.1) is 0 Å². The Kier molecular flexibility index (Phi) is 5.85. The molecule has 35 heavy (non-hydrogen) atoms. The van der Waals surface area contributed by atoms with Crippen LogP contribution in [0.15, 0.2) is 103 Å². The van der Waals surface area contributed by atoms with Gasteiger partial charge in [-0.05, 0) is 59.7 Å². The first-order valence-corrected chi connectivity index (χ1v) is 11.4. The van der Waals surface area contributed by atoms with Crippen molar-refractivity contribution in [2.75, 3.05) is 5.32 Å². The van der Waals surface area contributed by atoms with E-state index in [0.717, 1.165) is 21.7 Å². The van der Waals surface area contributed by atoms with Crippen LogP contribution in [0.3, 0.4) is 0 Å². The fourth-order valence-electron chi connectivity index (χ4n) is 4.34. The van der Waals surface area contributed by atoms with Crippen molar-refractivity contribution in [3.63, 3.8) is 0 Å². The number of amides is 1. The average Bonchev–Trinajstić information content (AvgIpc) is 2.89. The Morgan fingerprint density at radius 3 is 2.26 bits per heavy atom. The number of Topliss-reactive ketones (excluding diaryl/α,β-unsaturated/α-hetero) is 1. The maximum absolute atomic E-state index is 13.4. The van der Waals surface area contributed by atoms with Crippen molar-refractivity contribution in [3.05, 3.63) is 120 Å². The molecule has 0 fully saturated rings. The van der Waals surface area contributed by atoms with Gasteiger partial charge in [0.1, 0.15) is 0 Å². The molecule has 2 N–H and O–H groups in total. The van der Waals surface area contributed by atoms with Gasteiger partial charge in [0.2, 0.25) is 0 Å². The van der Waals surface area contributed by atoms with Crippen molar-refractivity contribution in [1.82, 2.24) is 4.98 Å². The van der Waals surface area contributed by atoms with E-state index >= 15 is 0 Å². The summed E-state index contributed by atoms with van der Waals surface area (Å²) in [6.45, 7) is 1.49. The number of nitrogens with zero attached hydrogens (tertiary/aromatic N) is 1. The fourth-order valence-corrected chi connectivity index (χ4v) is 4.34. The van der Waals surface area contributed by atoms with E-state index in [0.29, 0.717) is 22.5 Å².